The Morgan fingerprint density at radius 3 is 2.35 bits per heavy atom. The van der Waals surface area contributed by atoms with Crippen LogP contribution in [0.1, 0.15) is 38.7 Å². The standard InChI is InChI=1S/C18H24FNO3/c1-11(2)16(9-12-3-7-15(19)8-4-12)20-17(21)13-5-6-14(10-13)18(22)23/h3-4,7-8,11,13-14,16H,5-6,9-10H2,1-2H3,(H,20,21)(H,22,23)/t13-,14+,16?/m1/s1. The Balaban J connectivity index is 1.95. The lowest BCUT2D eigenvalue weighted by atomic mass is 9.95. The highest BCUT2D eigenvalue weighted by molar-refractivity contribution is 5.81. The fraction of sp³-hybridized carbons (Fsp3) is 0.556. The number of carbonyl (C=O) groups is 2. The van der Waals surface area contributed by atoms with Gasteiger partial charge in [0.25, 0.3) is 0 Å². The predicted molar refractivity (Wildman–Crippen MR) is 85.3 cm³/mol. The number of hydrogen-bond acceptors (Lipinski definition) is 2. The zero-order chi connectivity index (χ0) is 17.0. The molecular weight excluding hydrogens is 297 g/mol. The predicted octanol–water partition coefficient (Wildman–Crippen LogP) is 3.01. The van der Waals surface area contributed by atoms with Crippen molar-refractivity contribution in [3.63, 3.8) is 0 Å². The number of carbonyl (C=O) groups excluding carboxylic acids is 1. The van der Waals surface area contributed by atoms with Crippen molar-refractivity contribution in [2.75, 3.05) is 0 Å². The van der Waals surface area contributed by atoms with Gasteiger partial charge in [-0.1, -0.05) is 26.0 Å². The second-order valence-corrected chi connectivity index (χ2v) is 6.73. The quantitative estimate of drug-likeness (QED) is 0.846. The van der Waals surface area contributed by atoms with Crippen LogP contribution in [0.2, 0.25) is 0 Å². The molecule has 1 aromatic rings. The molecule has 1 aliphatic rings. The van der Waals surface area contributed by atoms with Crippen LogP contribution in [0.3, 0.4) is 0 Å². The van der Waals surface area contributed by atoms with E-state index in [4.69, 9.17) is 5.11 Å². The van der Waals surface area contributed by atoms with Gasteiger partial charge >= 0.3 is 5.97 Å². The number of carboxylic acids is 1. The maximum absolute atomic E-state index is 13.0. The van der Waals surface area contributed by atoms with Crippen molar-refractivity contribution >= 4 is 11.9 Å². The molecule has 1 amide bonds. The first kappa shape index (κ1) is 17.4. The van der Waals surface area contributed by atoms with Gasteiger partial charge in [0.2, 0.25) is 5.91 Å². The van der Waals surface area contributed by atoms with Crippen molar-refractivity contribution in [3.05, 3.63) is 35.6 Å². The van der Waals surface area contributed by atoms with E-state index in [1.54, 1.807) is 12.1 Å². The van der Waals surface area contributed by atoms with Gasteiger partial charge in [0.15, 0.2) is 0 Å². The van der Waals surface area contributed by atoms with Gasteiger partial charge in [-0.3, -0.25) is 9.59 Å². The second kappa shape index (κ2) is 7.57. The molecule has 4 nitrogen and oxygen atoms in total. The number of rotatable bonds is 6. The Kier molecular flexibility index (Phi) is 5.74. The van der Waals surface area contributed by atoms with Crippen molar-refractivity contribution in [3.8, 4) is 0 Å². The largest absolute Gasteiger partial charge is 0.481 e. The zero-order valence-corrected chi connectivity index (χ0v) is 13.6. The highest BCUT2D eigenvalue weighted by atomic mass is 19.1. The molecule has 2 rings (SSSR count). The van der Waals surface area contributed by atoms with Gasteiger partial charge in [0, 0.05) is 12.0 Å². The molecule has 5 heteroatoms. The fourth-order valence-corrected chi connectivity index (χ4v) is 3.07. The third kappa shape index (κ3) is 4.78. The number of benzene rings is 1. The van der Waals surface area contributed by atoms with E-state index in [0.717, 1.165) is 5.56 Å². The molecule has 0 radical (unpaired) electrons. The van der Waals surface area contributed by atoms with Crippen LogP contribution in [0.15, 0.2) is 24.3 Å². The molecule has 0 spiro atoms. The molecule has 1 unspecified atom stereocenters. The van der Waals surface area contributed by atoms with Crippen molar-refractivity contribution in [2.24, 2.45) is 17.8 Å². The van der Waals surface area contributed by atoms with E-state index in [1.807, 2.05) is 13.8 Å². The maximum atomic E-state index is 13.0. The Morgan fingerprint density at radius 1 is 1.22 bits per heavy atom. The summed E-state index contributed by atoms with van der Waals surface area (Å²) in [4.78, 5) is 23.4. The Hall–Kier alpha value is -1.91. The summed E-state index contributed by atoms with van der Waals surface area (Å²) in [5.41, 5.74) is 0.972. The molecule has 0 aromatic heterocycles. The minimum absolute atomic E-state index is 0.0446. The molecule has 1 aliphatic carbocycles. The van der Waals surface area contributed by atoms with E-state index in [0.29, 0.717) is 25.7 Å². The van der Waals surface area contributed by atoms with Gasteiger partial charge in [0.05, 0.1) is 5.92 Å². The number of nitrogens with one attached hydrogen (secondary N) is 1. The summed E-state index contributed by atoms with van der Waals surface area (Å²) in [5.74, 6) is -1.53. The summed E-state index contributed by atoms with van der Waals surface area (Å²) >= 11 is 0. The van der Waals surface area contributed by atoms with E-state index in [-0.39, 0.29) is 29.6 Å². The minimum Gasteiger partial charge on any atom is -0.481 e. The molecule has 1 saturated carbocycles. The smallest absolute Gasteiger partial charge is 0.306 e. The fourth-order valence-electron chi connectivity index (χ4n) is 3.07. The van der Waals surface area contributed by atoms with Crippen LogP contribution in [0, 0.1) is 23.6 Å². The highest BCUT2D eigenvalue weighted by Gasteiger charge is 2.34. The monoisotopic (exact) mass is 321 g/mol. The van der Waals surface area contributed by atoms with E-state index in [1.165, 1.54) is 12.1 Å². The van der Waals surface area contributed by atoms with E-state index in [2.05, 4.69) is 5.32 Å². The molecular formula is C18H24FNO3. The molecule has 3 atom stereocenters. The van der Waals surface area contributed by atoms with Crippen LogP contribution in [0.5, 0.6) is 0 Å². The summed E-state index contributed by atoms with van der Waals surface area (Å²) in [6, 6.07) is 6.25. The SMILES string of the molecule is CC(C)C(Cc1ccc(F)cc1)NC(=O)[C@@H]1CC[C@H](C(=O)O)C1. The van der Waals surface area contributed by atoms with Gasteiger partial charge in [-0.25, -0.2) is 4.39 Å². The van der Waals surface area contributed by atoms with Crippen LogP contribution in [-0.2, 0) is 16.0 Å². The van der Waals surface area contributed by atoms with Gasteiger partial charge in [0.1, 0.15) is 5.82 Å². The number of amides is 1. The molecule has 0 bridgehead atoms. The Labute approximate surface area is 136 Å². The number of carboxylic acid groups (broad SMARTS) is 1. The molecule has 23 heavy (non-hydrogen) atoms. The van der Waals surface area contributed by atoms with Gasteiger partial charge in [-0.05, 0) is 49.3 Å². The normalized spacial score (nSPS) is 22.1. The average molecular weight is 321 g/mol. The Morgan fingerprint density at radius 2 is 1.83 bits per heavy atom. The van der Waals surface area contributed by atoms with E-state index < -0.39 is 11.9 Å². The van der Waals surface area contributed by atoms with Crippen LogP contribution in [0.4, 0.5) is 4.39 Å². The summed E-state index contributed by atoms with van der Waals surface area (Å²) in [7, 11) is 0. The number of halogens is 1. The van der Waals surface area contributed by atoms with Crippen molar-refractivity contribution in [2.45, 2.75) is 45.6 Å². The topological polar surface area (TPSA) is 66.4 Å². The first-order valence-electron chi connectivity index (χ1n) is 8.14. The van der Waals surface area contributed by atoms with Crippen molar-refractivity contribution in [1.29, 1.82) is 0 Å². The number of hydrogen-bond donors (Lipinski definition) is 2. The highest BCUT2D eigenvalue weighted by Crippen LogP contribution is 2.31. The van der Waals surface area contributed by atoms with E-state index in [9.17, 15) is 14.0 Å². The molecule has 1 aromatic carbocycles. The van der Waals surface area contributed by atoms with Gasteiger partial charge in [-0.2, -0.15) is 0 Å². The second-order valence-electron chi connectivity index (χ2n) is 6.73. The first-order valence-corrected chi connectivity index (χ1v) is 8.14. The lowest BCUT2D eigenvalue weighted by molar-refractivity contribution is -0.141. The molecule has 0 saturated heterocycles. The summed E-state index contributed by atoms with van der Waals surface area (Å²) < 4.78 is 13.0. The summed E-state index contributed by atoms with van der Waals surface area (Å²) in [5, 5.41) is 12.1. The average Bonchev–Trinajstić information content (AvgIpc) is 2.98. The maximum Gasteiger partial charge on any atom is 0.306 e. The van der Waals surface area contributed by atoms with Crippen molar-refractivity contribution < 1.29 is 19.1 Å². The minimum atomic E-state index is -0.813. The molecule has 0 aliphatic heterocycles. The summed E-state index contributed by atoms with van der Waals surface area (Å²) in [6.07, 6.45) is 2.25. The van der Waals surface area contributed by atoms with Crippen molar-refractivity contribution in [1.82, 2.24) is 5.32 Å². The summed E-state index contributed by atoms with van der Waals surface area (Å²) in [6.45, 7) is 4.06. The third-order valence-electron chi connectivity index (χ3n) is 4.65. The van der Waals surface area contributed by atoms with Crippen LogP contribution in [-0.4, -0.2) is 23.0 Å². The zero-order valence-electron chi connectivity index (χ0n) is 13.6. The molecule has 2 N–H and O–H groups in total. The van der Waals surface area contributed by atoms with E-state index >= 15 is 0 Å². The molecule has 126 valence electrons. The lowest BCUT2D eigenvalue weighted by Crippen LogP contribution is -2.42. The van der Waals surface area contributed by atoms with Crippen LogP contribution < -0.4 is 5.32 Å². The molecule has 1 fully saturated rings. The lowest BCUT2D eigenvalue weighted by Gasteiger charge is -2.24. The van der Waals surface area contributed by atoms with Crippen LogP contribution >= 0.6 is 0 Å². The van der Waals surface area contributed by atoms with Gasteiger partial charge < -0.3 is 10.4 Å². The van der Waals surface area contributed by atoms with Gasteiger partial charge in [-0.15, -0.1) is 0 Å². The first-order chi connectivity index (χ1) is 10.9. The number of aliphatic carboxylic acids is 1. The molecule has 0 heterocycles. The Bertz CT molecular complexity index is 556. The third-order valence-corrected chi connectivity index (χ3v) is 4.65. The van der Waals surface area contributed by atoms with Crippen LogP contribution in [0.25, 0.3) is 0 Å².